The van der Waals surface area contributed by atoms with Crippen LogP contribution < -0.4 is 4.74 Å². The Kier molecular flexibility index (Phi) is 3.78. The van der Waals surface area contributed by atoms with Gasteiger partial charge in [-0.25, -0.2) is 4.79 Å². The Morgan fingerprint density at radius 1 is 1.04 bits per heavy atom. The maximum absolute atomic E-state index is 12.1. The van der Waals surface area contributed by atoms with Crippen molar-refractivity contribution in [1.29, 1.82) is 0 Å². The van der Waals surface area contributed by atoms with Gasteiger partial charge in [-0.1, -0.05) is 18.2 Å². The standard InChI is InChI=1S/C16H10N2O6/c19-14(24-11-5-3-4-10(8-11)18(22)23)9-17-15(20)12-6-1-2-7-13(12)16(17)21/h1-8H,9H2. The summed E-state index contributed by atoms with van der Waals surface area (Å²) in [5.41, 5.74) is 0.220. The smallest absolute Gasteiger partial charge is 0.331 e. The van der Waals surface area contributed by atoms with Gasteiger partial charge in [-0.05, 0) is 18.2 Å². The van der Waals surface area contributed by atoms with E-state index in [0.29, 0.717) is 0 Å². The second-order valence-electron chi connectivity index (χ2n) is 4.97. The van der Waals surface area contributed by atoms with Gasteiger partial charge in [-0.2, -0.15) is 0 Å². The molecule has 0 unspecified atom stereocenters. The van der Waals surface area contributed by atoms with Crippen molar-refractivity contribution in [1.82, 2.24) is 4.90 Å². The zero-order valence-electron chi connectivity index (χ0n) is 12.2. The average molecular weight is 326 g/mol. The molecule has 120 valence electrons. The van der Waals surface area contributed by atoms with Crippen LogP contribution in [0.1, 0.15) is 20.7 Å². The van der Waals surface area contributed by atoms with E-state index in [1.54, 1.807) is 12.1 Å². The molecule has 2 aromatic rings. The lowest BCUT2D eigenvalue weighted by Crippen LogP contribution is -2.36. The number of nitro benzene ring substituents is 1. The van der Waals surface area contributed by atoms with Crippen molar-refractivity contribution in [2.75, 3.05) is 6.54 Å². The molecule has 2 aromatic carbocycles. The van der Waals surface area contributed by atoms with Gasteiger partial charge < -0.3 is 4.74 Å². The molecular weight excluding hydrogens is 316 g/mol. The predicted octanol–water partition coefficient (Wildman–Crippen LogP) is 1.80. The summed E-state index contributed by atoms with van der Waals surface area (Å²) >= 11 is 0. The highest BCUT2D eigenvalue weighted by Gasteiger charge is 2.36. The number of hydrogen-bond acceptors (Lipinski definition) is 6. The molecule has 0 spiro atoms. The number of ether oxygens (including phenoxy) is 1. The van der Waals surface area contributed by atoms with Crippen LogP contribution in [-0.4, -0.2) is 34.2 Å². The monoisotopic (exact) mass is 326 g/mol. The molecule has 0 atom stereocenters. The third kappa shape index (κ3) is 2.72. The maximum Gasteiger partial charge on any atom is 0.331 e. The summed E-state index contributed by atoms with van der Waals surface area (Å²) in [6.07, 6.45) is 0. The molecule has 0 saturated carbocycles. The van der Waals surface area contributed by atoms with Crippen LogP contribution in [0.15, 0.2) is 48.5 Å². The lowest BCUT2D eigenvalue weighted by molar-refractivity contribution is -0.384. The molecular formula is C16H10N2O6. The minimum atomic E-state index is -0.870. The highest BCUT2D eigenvalue weighted by atomic mass is 16.6. The van der Waals surface area contributed by atoms with Gasteiger partial charge in [0, 0.05) is 6.07 Å². The molecule has 1 heterocycles. The highest BCUT2D eigenvalue weighted by molar-refractivity contribution is 6.22. The fourth-order valence-corrected chi connectivity index (χ4v) is 2.34. The molecule has 0 radical (unpaired) electrons. The number of fused-ring (bicyclic) bond motifs is 1. The van der Waals surface area contributed by atoms with Crippen LogP contribution in [0.5, 0.6) is 5.75 Å². The van der Waals surface area contributed by atoms with Crippen molar-refractivity contribution < 1.29 is 24.0 Å². The first-order valence-corrected chi connectivity index (χ1v) is 6.88. The number of nitro groups is 1. The summed E-state index contributed by atoms with van der Waals surface area (Å²) in [6.45, 7) is -0.574. The first-order valence-electron chi connectivity index (χ1n) is 6.88. The third-order valence-electron chi connectivity index (χ3n) is 3.43. The summed E-state index contributed by atoms with van der Waals surface area (Å²) in [4.78, 5) is 47.1. The quantitative estimate of drug-likeness (QED) is 0.279. The Labute approximate surface area is 135 Å². The number of esters is 1. The van der Waals surface area contributed by atoms with Crippen LogP contribution in [0.3, 0.4) is 0 Å². The van der Waals surface area contributed by atoms with Crippen LogP contribution in [0.2, 0.25) is 0 Å². The Balaban J connectivity index is 1.72. The largest absolute Gasteiger partial charge is 0.425 e. The molecule has 24 heavy (non-hydrogen) atoms. The third-order valence-corrected chi connectivity index (χ3v) is 3.43. The van der Waals surface area contributed by atoms with E-state index in [1.807, 2.05) is 0 Å². The summed E-state index contributed by atoms with van der Waals surface area (Å²) in [6, 6.07) is 11.3. The number of carbonyl (C=O) groups is 3. The Morgan fingerprint density at radius 2 is 1.67 bits per heavy atom. The average Bonchev–Trinajstić information content (AvgIpc) is 2.80. The number of nitrogens with zero attached hydrogens (tertiary/aromatic N) is 2. The normalized spacial score (nSPS) is 12.9. The van der Waals surface area contributed by atoms with E-state index in [1.165, 1.54) is 30.3 Å². The number of rotatable bonds is 4. The minimum absolute atomic E-state index is 0.0363. The number of hydrogen-bond donors (Lipinski definition) is 0. The van der Waals surface area contributed by atoms with Crippen molar-refractivity contribution in [3.05, 3.63) is 69.8 Å². The van der Waals surface area contributed by atoms with E-state index in [9.17, 15) is 24.5 Å². The summed E-state index contributed by atoms with van der Waals surface area (Å²) < 4.78 is 4.97. The van der Waals surface area contributed by atoms with Gasteiger partial charge in [0.15, 0.2) is 0 Å². The predicted molar refractivity (Wildman–Crippen MR) is 80.5 cm³/mol. The second kappa shape index (κ2) is 5.92. The molecule has 1 aliphatic heterocycles. The van der Waals surface area contributed by atoms with Crippen LogP contribution in [-0.2, 0) is 4.79 Å². The summed E-state index contributed by atoms with van der Waals surface area (Å²) in [5, 5.41) is 10.7. The van der Waals surface area contributed by atoms with Crippen molar-refractivity contribution in [2.45, 2.75) is 0 Å². The fraction of sp³-hybridized carbons (Fsp3) is 0.0625. The molecule has 3 rings (SSSR count). The molecule has 0 aromatic heterocycles. The van der Waals surface area contributed by atoms with Gasteiger partial charge in [0.25, 0.3) is 17.5 Å². The maximum atomic E-state index is 12.1. The van der Waals surface area contributed by atoms with Crippen molar-refractivity contribution in [3.8, 4) is 5.75 Å². The number of carbonyl (C=O) groups excluding carboxylic acids is 3. The van der Waals surface area contributed by atoms with Gasteiger partial charge in [0.1, 0.15) is 12.3 Å². The first kappa shape index (κ1) is 15.3. The second-order valence-corrected chi connectivity index (χ2v) is 4.97. The minimum Gasteiger partial charge on any atom is -0.425 e. The first-order chi connectivity index (χ1) is 11.5. The Hall–Kier alpha value is -3.55. The molecule has 0 bridgehead atoms. The van der Waals surface area contributed by atoms with E-state index >= 15 is 0 Å². The Morgan fingerprint density at radius 3 is 2.25 bits per heavy atom. The molecule has 0 aliphatic carbocycles. The van der Waals surface area contributed by atoms with Gasteiger partial charge >= 0.3 is 5.97 Å². The van der Waals surface area contributed by atoms with Gasteiger partial charge in [-0.3, -0.25) is 24.6 Å². The van der Waals surface area contributed by atoms with Crippen LogP contribution in [0.4, 0.5) is 5.69 Å². The highest BCUT2D eigenvalue weighted by Crippen LogP contribution is 2.23. The van der Waals surface area contributed by atoms with Crippen molar-refractivity contribution in [2.24, 2.45) is 0 Å². The Bertz CT molecular complexity index is 841. The fourth-order valence-electron chi connectivity index (χ4n) is 2.34. The summed E-state index contributed by atoms with van der Waals surface area (Å²) in [7, 11) is 0. The SMILES string of the molecule is O=C(CN1C(=O)c2ccccc2C1=O)Oc1cccc([N+](=O)[O-])c1. The number of non-ortho nitro benzene ring substituents is 1. The number of imide groups is 1. The lowest BCUT2D eigenvalue weighted by Gasteiger charge is -2.12. The van der Waals surface area contributed by atoms with E-state index in [2.05, 4.69) is 0 Å². The zero-order chi connectivity index (χ0) is 17.3. The van der Waals surface area contributed by atoms with E-state index in [4.69, 9.17) is 4.74 Å². The van der Waals surface area contributed by atoms with Gasteiger partial charge in [0.2, 0.25) is 0 Å². The lowest BCUT2D eigenvalue weighted by atomic mass is 10.1. The van der Waals surface area contributed by atoms with Gasteiger partial charge in [-0.15, -0.1) is 0 Å². The topological polar surface area (TPSA) is 107 Å². The molecule has 0 N–H and O–H groups in total. The van der Waals surface area contributed by atoms with E-state index in [-0.39, 0.29) is 22.6 Å². The molecule has 2 amide bonds. The molecule has 8 heteroatoms. The molecule has 0 fully saturated rings. The van der Waals surface area contributed by atoms with E-state index in [0.717, 1.165) is 11.0 Å². The van der Waals surface area contributed by atoms with Crippen LogP contribution in [0, 0.1) is 10.1 Å². The van der Waals surface area contributed by atoms with Crippen LogP contribution in [0.25, 0.3) is 0 Å². The zero-order valence-corrected chi connectivity index (χ0v) is 12.2. The summed E-state index contributed by atoms with van der Waals surface area (Å²) in [5.74, 6) is -2.06. The number of amides is 2. The van der Waals surface area contributed by atoms with Crippen molar-refractivity contribution >= 4 is 23.5 Å². The molecule has 8 nitrogen and oxygen atoms in total. The number of benzene rings is 2. The van der Waals surface area contributed by atoms with Crippen LogP contribution >= 0.6 is 0 Å². The van der Waals surface area contributed by atoms with Crippen molar-refractivity contribution in [3.63, 3.8) is 0 Å². The van der Waals surface area contributed by atoms with Gasteiger partial charge in [0.05, 0.1) is 22.1 Å². The molecule has 1 aliphatic rings. The van der Waals surface area contributed by atoms with E-state index < -0.39 is 29.3 Å². The molecule has 0 saturated heterocycles.